The number of fused-ring (bicyclic) bond motifs is 2. The zero-order valence-electron chi connectivity index (χ0n) is 12.3. The summed E-state index contributed by atoms with van der Waals surface area (Å²) < 4.78 is 0. The monoisotopic (exact) mass is 314 g/mol. The average molecular weight is 315 g/mol. The molecule has 1 aromatic carbocycles. The predicted octanol–water partition coefficient (Wildman–Crippen LogP) is 3.06. The molecule has 2 bridgehead atoms. The van der Waals surface area contributed by atoms with Crippen LogP contribution in [0.1, 0.15) is 12.0 Å². The lowest BCUT2D eigenvalue weighted by Gasteiger charge is -2.54. The van der Waals surface area contributed by atoms with Crippen molar-refractivity contribution in [3.05, 3.63) is 53.4 Å². The van der Waals surface area contributed by atoms with Crippen LogP contribution in [-0.4, -0.2) is 34.0 Å². The van der Waals surface area contributed by atoms with Crippen molar-refractivity contribution < 1.29 is 0 Å². The molecule has 2 aliphatic heterocycles. The maximum Gasteiger partial charge on any atom is 0.134 e. The van der Waals surface area contributed by atoms with Gasteiger partial charge in [0.25, 0.3) is 0 Å². The summed E-state index contributed by atoms with van der Waals surface area (Å²) in [6, 6.07) is 13.0. The van der Waals surface area contributed by atoms with E-state index in [1.165, 1.54) is 18.3 Å². The van der Waals surface area contributed by atoms with Crippen molar-refractivity contribution in [2.24, 2.45) is 11.8 Å². The van der Waals surface area contributed by atoms with Gasteiger partial charge in [-0.25, -0.2) is 9.97 Å². The molecule has 5 heteroatoms. The summed E-state index contributed by atoms with van der Waals surface area (Å²) >= 11 is 5.92. The molecule has 1 aromatic heterocycles. The lowest BCUT2D eigenvalue weighted by Crippen LogP contribution is -2.60. The van der Waals surface area contributed by atoms with Gasteiger partial charge in [-0.2, -0.15) is 0 Å². The van der Waals surface area contributed by atoms with Gasteiger partial charge in [0.15, 0.2) is 0 Å². The Balaban J connectivity index is 1.36. The number of aromatic nitrogens is 2. The second-order valence-corrected chi connectivity index (χ2v) is 6.72. The van der Waals surface area contributed by atoms with Crippen LogP contribution in [0.4, 0.5) is 5.82 Å². The predicted molar refractivity (Wildman–Crippen MR) is 87.8 cm³/mol. The van der Waals surface area contributed by atoms with E-state index in [0.29, 0.717) is 23.0 Å². The van der Waals surface area contributed by atoms with Gasteiger partial charge in [0.1, 0.15) is 17.3 Å². The van der Waals surface area contributed by atoms with E-state index in [0.717, 1.165) is 25.5 Å². The number of hydrogen-bond donors (Lipinski definition) is 1. The minimum Gasteiger partial charge on any atom is -0.367 e. The molecule has 22 heavy (non-hydrogen) atoms. The van der Waals surface area contributed by atoms with Gasteiger partial charge in [0, 0.05) is 31.7 Å². The second-order valence-electron chi connectivity index (χ2n) is 6.33. The number of rotatable bonds is 4. The van der Waals surface area contributed by atoms with Crippen molar-refractivity contribution in [1.29, 1.82) is 0 Å². The molecule has 114 valence electrons. The molecule has 2 saturated heterocycles. The lowest BCUT2D eigenvalue weighted by molar-refractivity contribution is 0.00736. The van der Waals surface area contributed by atoms with Gasteiger partial charge in [-0.05, 0) is 23.8 Å². The summed E-state index contributed by atoms with van der Waals surface area (Å²) in [6.07, 6.45) is 2.84. The molecule has 1 N–H and O–H groups in total. The Labute approximate surface area is 135 Å². The number of nitrogens with one attached hydrogen (secondary N) is 1. The minimum atomic E-state index is 0.493. The van der Waals surface area contributed by atoms with Gasteiger partial charge < -0.3 is 5.32 Å². The van der Waals surface area contributed by atoms with E-state index in [4.69, 9.17) is 11.6 Å². The summed E-state index contributed by atoms with van der Waals surface area (Å²) in [5, 5.41) is 4.04. The Morgan fingerprint density at radius 1 is 1.14 bits per heavy atom. The molecule has 4 nitrogen and oxygen atoms in total. The Bertz CT molecular complexity index is 636. The quantitative estimate of drug-likeness (QED) is 0.881. The van der Waals surface area contributed by atoms with E-state index >= 15 is 0 Å². The van der Waals surface area contributed by atoms with Gasteiger partial charge in [-0.1, -0.05) is 41.9 Å². The van der Waals surface area contributed by atoms with E-state index in [9.17, 15) is 0 Å². The van der Waals surface area contributed by atoms with Crippen molar-refractivity contribution in [1.82, 2.24) is 14.9 Å². The summed E-state index contributed by atoms with van der Waals surface area (Å²) in [4.78, 5) is 10.8. The molecule has 5 rings (SSSR count). The second kappa shape index (κ2) is 5.86. The minimum absolute atomic E-state index is 0.493. The molecule has 0 spiro atoms. The fourth-order valence-electron chi connectivity index (χ4n) is 3.77. The Hall–Kier alpha value is -1.65. The van der Waals surface area contributed by atoms with Crippen molar-refractivity contribution >= 4 is 17.4 Å². The highest BCUT2D eigenvalue weighted by molar-refractivity contribution is 6.29. The number of anilines is 1. The smallest absolute Gasteiger partial charge is 0.134 e. The Kier molecular flexibility index (Phi) is 3.72. The van der Waals surface area contributed by atoms with Crippen molar-refractivity contribution in [3.63, 3.8) is 0 Å². The number of hydrogen-bond acceptors (Lipinski definition) is 4. The van der Waals surface area contributed by atoms with Crippen LogP contribution in [-0.2, 0) is 6.54 Å². The third-order valence-electron chi connectivity index (χ3n) is 4.80. The van der Waals surface area contributed by atoms with Gasteiger partial charge >= 0.3 is 0 Å². The van der Waals surface area contributed by atoms with Crippen molar-refractivity contribution in [3.8, 4) is 0 Å². The van der Waals surface area contributed by atoms with E-state index in [-0.39, 0.29) is 0 Å². The molecule has 3 aliphatic rings. The van der Waals surface area contributed by atoms with Crippen LogP contribution >= 0.6 is 11.6 Å². The summed E-state index contributed by atoms with van der Waals surface area (Å²) in [7, 11) is 0. The van der Waals surface area contributed by atoms with Gasteiger partial charge in [0.05, 0.1) is 0 Å². The number of benzene rings is 1. The zero-order valence-corrected chi connectivity index (χ0v) is 13.1. The van der Waals surface area contributed by atoms with E-state index < -0.39 is 0 Å². The first-order chi connectivity index (χ1) is 10.8. The first-order valence-electron chi connectivity index (χ1n) is 7.78. The summed E-state index contributed by atoms with van der Waals surface area (Å²) in [5.41, 5.74) is 1.40. The molecule has 0 amide bonds. The van der Waals surface area contributed by atoms with Crippen LogP contribution in [0, 0.1) is 11.8 Å². The average Bonchev–Trinajstić information content (AvgIpc) is 2.54. The van der Waals surface area contributed by atoms with Crippen molar-refractivity contribution in [2.75, 3.05) is 18.4 Å². The van der Waals surface area contributed by atoms with E-state index in [1.807, 2.05) is 0 Å². The number of halogens is 1. The van der Waals surface area contributed by atoms with Crippen LogP contribution < -0.4 is 5.32 Å². The maximum absolute atomic E-state index is 5.92. The zero-order chi connectivity index (χ0) is 14.9. The van der Waals surface area contributed by atoms with Crippen LogP contribution in [0.25, 0.3) is 0 Å². The molecule has 1 aliphatic carbocycles. The normalized spacial score (nSPS) is 27.2. The number of piperidine rings is 2. The molecule has 0 radical (unpaired) electrons. The highest BCUT2D eigenvalue weighted by Gasteiger charge is 2.46. The van der Waals surface area contributed by atoms with Gasteiger partial charge in [0.2, 0.25) is 0 Å². The highest BCUT2D eigenvalue weighted by atomic mass is 35.5. The van der Waals surface area contributed by atoms with Crippen LogP contribution in [0.2, 0.25) is 5.15 Å². The Morgan fingerprint density at radius 2 is 1.91 bits per heavy atom. The van der Waals surface area contributed by atoms with Crippen LogP contribution in [0.3, 0.4) is 0 Å². The SMILES string of the molecule is Clc1cc(NC2C3CC2CN(Cc2ccccc2)C3)ncn1. The van der Waals surface area contributed by atoms with Crippen LogP contribution in [0.5, 0.6) is 0 Å². The summed E-state index contributed by atoms with van der Waals surface area (Å²) in [5.74, 6) is 2.25. The Morgan fingerprint density at radius 3 is 2.64 bits per heavy atom. The van der Waals surface area contributed by atoms with E-state index in [1.54, 1.807) is 6.07 Å². The molecule has 2 unspecified atom stereocenters. The molecule has 2 atom stereocenters. The van der Waals surface area contributed by atoms with Gasteiger partial charge in [-0.3, -0.25) is 4.90 Å². The summed E-state index contributed by atoms with van der Waals surface area (Å²) in [6.45, 7) is 3.36. The highest BCUT2D eigenvalue weighted by Crippen LogP contribution is 2.42. The fraction of sp³-hybridized carbons (Fsp3) is 0.412. The van der Waals surface area contributed by atoms with Crippen molar-refractivity contribution in [2.45, 2.75) is 19.0 Å². The molecule has 2 aromatic rings. The largest absolute Gasteiger partial charge is 0.367 e. The van der Waals surface area contributed by atoms with E-state index in [2.05, 4.69) is 50.5 Å². The maximum atomic E-state index is 5.92. The third kappa shape index (κ3) is 2.81. The fourth-order valence-corrected chi connectivity index (χ4v) is 3.92. The first-order valence-corrected chi connectivity index (χ1v) is 8.16. The molecular formula is C17H19ClN4. The third-order valence-corrected chi connectivity index (χ3v) is 5.01. The van der Waals surface area contributed by atoms with Crippen LogP contribution in [0.15, 0.2) is 42.7 Å². The number of nitrogens with zero attached hydrogens (tertiary/aromatic N) is 3. The topological polar surface area (TPSA) is 41.0 Å². The standard InChI is InChI=1S/C17H19ClN4/c18-15-7-16(20-11-19-15)21-17-13-6-14(17)10-22(9-13)8-12-4-2-1-3-5-12/h1-5,7,11,13-14,17H,6,8-10H2,(H,19,20,21). The lowest BCUT2D eigenvalue weighted by atomic mass is 9.66. The first kappa shape index (κ1) is 14.0. The molecule has 3 heterocycles. The molecule has 3 fully saturated rings. The molecule has 1 saturated carbocycles. The molecular weight excluding hydrogens is 296 g/mol. The van der Waals surface area contributed by atoms with Gasteiger partial charge in [-0.15, -0.1) is 0 Å².